The third kappa shape index (κ3) is 2.79. The van der Waals surface area contributed by atoms with E-state index in [2.05, 4.69) is 26.1 Å². The van der Waals surface area contributed by atoms with Crippen molar-refractivity contribution in [3.8, 4) is 5.69 Å². The molecular formula is C16H15FN6O3. The van der Waals surface area contributed by atoms with E-state index in [1.54, 1.807) is 0 Å². The number of hydrogen-bond acceptors (Lipinski definition) is 5. The van der Waals surface area contributed by atoms with Crippen molar-refractivity contribution < 1.29 is 18.8 Å². The van der Waals surface area contributed by atoms with Gasteiger partial charge in [-0.05, 0) is 43.0 Å². The van der Waals surface area contributed by atoms with Crippen molar-refractivity contribution >= 4 is 17.8 Å². The molecule has 0 unspecified atom stereocenters. The number of halogens is 1. The predicted molar refractivity (Wildman–Crippen MR) is 85.8 cm³/mol. The van der Waals surface area contributed by atoms with Gasteiger partial charge in [-0.25, -0.2) is 9.18 Å². The predicted octanol–water partition coefficient (Wildman–Crippen LogP) is 0.124. The minimum Gasteiger partial charge on any atom is -0.348 e. The monoisotopic (exact) mass is 358 g/mol. The zero-order valence-electron chi connectivity index (χ0n) is 13.5. The number of carbonyl (C=O) groups excluding carboxylic acids is 3. The summed E-state index contributed by atoms with van der Waals surface area (Å²) in [6.45, 7) is -0.0303. The molecule has 1 saturated heterocycles. The highest BCUT2D eigenvalue weighted by Crippen LogP contribution is 2.41. The lowest BCUT2D eigenvalue weighted by Gasteiger charge is -2.25. The molecule has 10 heteroatoms. The molecule has 1 aromatic carbocycles. The zero-order valence-corrected chi connectivity index (χ0v) is 13.5. The lowest BCUT2D eigenvalue weighted by molar-refractivity contribution is -0.124. The standard InChI is InChI=1S/C16H15FN6O3/c17-10-3-5-11(6-4-10)23-19-7-12(22-23)13(24)18-8-16(9-1-2-9)14(25)20-15(26)21-16/h3-7,9H,1-2,8H2,(H,18,24)(H2,20,21,25,26)/t16-/m0/s1. The van der Waals surface area contributed by atoms with Gasteiger partial charge in [0, 0.05) is 0 Å². The molecule has 0 radical (unpaired) electrons. The second kappa shape index (κ2) is 5.90. The topological polar surface area (TPSA) is 118 Å². The molecule has 1 aliphatic heterocycles. The number of nitrogens with zero attached hydrogens (tertiary/aromatic N) is 3. The fraction of sp³-hybridized carbons (Fsp3) is 0.312. The van der Waals surface area contributed by atoms with Gasteiger partial charge in [-0.15, -0.1) is 5.10 Å². The third-order valence-electron chi connectivity index (χ3n) is 4.55. The molecule has 1 aliphatic carbocycles. The second-order valence-corrected chi connectivity index (χ2v) is 6.33. The largest absolute Gasteiger partial charge is 0.348 e. The lowest BCUT2D eigenvalue weighted by Crippen LogP contribution is -2.57. The van der Waals surface area contributed by atoms with Crippen molar-refractivity contribution in [2.24, 2.45) is 5.92 Å². The Morgan fingerprint density at radius 3 is 2.65 bits per heavy atom. The summed E-state index contributed by atoms with van der Waals surface area (Å²) in [5.74, 6) is -1.34. The van der Waals surface area contributed by atoms with E-state index < -0.39 is 23.4 Å². The van der Waals surface area contributed by atoms with Gasteiger partial charge in [0.1, 0.15) is 11.4 Å². The Morgan fingerprint density at radius 1 is 1.31 bits per heavy atom. The van der Waals surface area contributed by atoms with Crippen molar-refractivity contribution in [2.45, 2.75) is 18.4 Å². The van der Waals surface area contributed by atoms with E-state index in [0.29, 0.717) is 5.69 Å². The first-order valence-electron chi connectivity index (χ1n) is 8.08. The SMILES string of the molecule is O=C1NC(=O)[C@](CNC(=O)c2cnn(-c3ccc(F)cc3)n2)(C2CC2)N1. The summed E-state index contributed by atoms with van der Waals surface area (Å²) in [6, 6.07) is 4.94. The molecule has 9 nitrogen and oxygen atoms in total. The van der Waals surface area contributed by atoms with Gasteiger partial charge in [-0.3, -0.25) is 14.9 Å². The van der Waals surface area contributed by atoms with Crippen LogP contribution in [0.25, 0.3) is 5.69 Å². The number of imide groups is 1. The summed E-state index contributed by atoms with van der Waals surface area (Å²) >= 11 is 0. The van der Waals surface area contributed by atoms with Gasteiger partial charge >= 0.3 is 6.03 Å². The molecule has 0 bridgehead atoms. The molecule has 134 valence electrons. The Bertz CT molecular complexity index is 892. The Labute approximate surface area is 146 Å². The van der Waals surface area contributed by atoms with Crippen LogP contribution in [-0.4, -0.2) is 44.9 Å². The van der Waals surface area contributed by atoms with Crippen LogP contribution in [-0.2, 0) is 4.79 Å². The Hall–Kier alpha value is -3.30. The highest BCUT2D eigenvalue weighted by atomic mass is 19.1. The fourth-order valence-corrected chi connectivity index (χ4v) is 3.01. The normalized spacial score (nSPS) is 22.0. The van der Waals surface area contributed by atoms with Gasteiger partial charge in [0.25, 0.3) is 11.8 Å². The molecular weight excluding hydrogens is 343 g/mol. The first-order chi connectivity index (χ1) is 12.5. The molecule has 3 N–H and O–H groups in total. The molecule has 2 aliphatic rings. The number of nitrogens with one attached hydrogen (secondary N) is 3. The van der Waals surface area contributed by atoms with E-state index in [0.717, 1.165) is 12.8 Å². The van der Waals surface area contributed by atoms with Crippen molar-refractivity contribution in [3.05, 3.63) is 42.0 Å². The maximum atomic E-state index is 13.0. The summed E-state index contributed by atoms with van der Waals surface area (Å²) in [6.07, 6.45) is 2.89. The van der Waals surface area contributed by atoms with Crippen molar-refractivity contribution in [3.63, 3.8) is 0 Å². The number of urea groups is 1. The van der Waals surface area contributed by atoms with Crippen LogP contribution < -0.4 is 16.0 Å². The molecule has 2 aromatic rings. The van der Waals surface area contributed by atoms with Crippen LogP contribution in [0.3, 0.4) is 0 Å². The van der Waals surface area contributed by atoms with E-state index in [1.165, 1.54) is 35.3 Å². The summed E-state index contributed by atoms with van der Waals surface area (Å²) < 4.78 is 13.0. The molecule has 4 amide bonds. The van der Waals surface area contributed by atoms with Crippen molar-refractivity contribution in [2.75, 3.05) is 6.54 Å². The van der Waals surface area contributed by atoms with Crippen molar-refractivity contribution in [1.82, 2.24) is 30.9 Å². The number of aromatic nitrogens is 3. The fourth-order valence-electron chi connectivity index (χ4n) is 3.01. The van der Waals surface area contributed by atoms with Gasteiger partial charge in [-0.2, -0.15) is 9.90 Å². The van der Waals surface area contributed by atoms with Crippen LogP contribution in [0, 0.1) is 11.7 Å². The summed E-state index contributed by atoms with van der Waals surface area (Å²) in [7, 11) is 0. The van der Waals surface area contributed by atoms with Crippen LogP contribution in [0.15, 0.2) is 30.5 Å². The third-order valence-corrected chi connectivity index (χ3v) is 4.55. The maximum Gasteiger partial charge on any atom is 0.322 e. The number of benzene rings is 1. The molecule has 1 atom stereocenters. The van der Waals surface area contributed by atoms with Gasteiger partial charge in [0.05, 0.1) is 18.4 Å². The van der Waals surface area contributed by atoms with Gasteiger partial charge < -0.3 is 10.6 Å². The molecule has 4 rings (SSSR count). The van der Waals surface area contributed by atoms with E-state index in [1.807, 2.05) is 0 Å². The second-order valence-electron chi connectivity index (χ2n) is 6.33. The van der Waals surface area contributed by atoms with Crippen LogP contribution in [0.4, 0.5) is 9.18 Å². The van der Waals surface area contributed by atoms with Crippen LogP contribution in [0.2, 0.25) is 0 Å². The molecule has 2 fully saturated rings. The van der Waals surface area contributed by atoms with E-state index in [9.17, 15) is 18.8 Å². The lowest BCUT2D eigenvalue weighted by atomic mass is 9.93. The smallest absolute Gasteiger partial charge is 0.322 e. The minimum absolute atomic E-state index is 0.00384. The zero-order chi connectivity index (χ0) is 18.3. The van der Waals surface area contributed by atoms with E-state index in [-0.39, 0.29) is 24.0 Å². The molecule has 1 saturated carbocycles. The number of carbonyl (C=O) groups is 3. The summed E-state index contributed by atoms with van der Waals surface area (Å²) in [5, 5.41) is 15.5. The average Bonchev–Trinajstić information content (AvgIpc) is 3.28. The average molecular weight is 358 g/mol. The molecule has 1 aromatic heterocycles. The van der Waals surface area contributed by atoms with Gasteiger partial charge in [0.2, 0.25) is 0 Å². The molecule has 2 heterocycles. The number of hydrogen-bond donors (Lipinski definition) is 3. The number of amides is 4. The quantitative estimate of drug-likeness (QED) is 0.657. The minimum atomic E-state index is -1.11. The van der Waals surface area contributed by atoms with Gasteiger partial charge in [-0.1, -0.05) is 0 Å². The Morgan fingerprint density at radius 2 is 2.04 bits per heavy atom. The van der Waals surface area contributed by atoms with E-state index in [4.69, 9.17) is 0 Å². The highest BCUT2D eigenvalue weighted by molar-refractivity contribution is 6.08. The van der Waals surface area contributed by atoms with Gasteiger partial charge in [0.15, 0.2) is 5.69 Å². The summed E-state index contributed by atoms with van der Waals surface area (Å²) in [5.41, 5.74) is -0.563. The van der Waals surface area contributed by atoms with E-state index >= 15 is 0 Å². The van der Waals surface area contributed by atoms with Crippen LogP contribution in [0.1, 0.15) is 23.3 Å². The maximum absolute atomic E-state index is 13.0. The summed E-state index contributed by atoms with van der Waals surface area (Å²) in [4.78, 5) is 37.2. The van der Waals surface area contributed by atoms with Crippen molar-refractivity contribution in [1.29, 1.82) is 0 Å². The number of rotatable bonds is 5. The molecule has 26 heavy (non-hydrogen) atoms. The Balaban J connectivity index is 1.46. The Kier molecular flexibility index (Phi) is 3.67. The first kappa shape index (κ1) is 16.2. The van der Waals surface area contributed by atoms with Crippen LogP contribution >= 0.6 is 0 Å². The molecule has 0 spiro atoms. The first-order valence-corrected chi connectivity index (χ1v) is 8.08. The van der Waals surface area contributed by atoms with Crippen LogP contribution in [0.5, 0.6) is 0 Å². The highest BCUT2D eigenvalue weighted by Gasteiger charge is 2.56.